The predicted octanol–water partition coefficient (Wildman–Crippen LogP) is 4.49. The smallest absolute Gasteiger partial charge is 0.265 e. The molecule has 5 rings (SSSR count). The van der Waals surface area contributed by atoms with E-state index in [2.05, 4.69) is 11.4 Å². The van der Waals surface area contributed by atoms with E-state index in [1.54, 1.807) is 41.3 Å². The van der Waals surface area contributed by atoms with Crippen molar-refractivity contribution in [3.05, 3.63) is 88.4 Å². The average Bonchev–Trinajstić information content (AvgIpc) is 3.38. The van der Waals surface area contributed by atoms with Gasteiger partial charge < -0.3 is 15.0 Å². The van der Waals surface area contributed by atoms with E-state index in [4.69, 9.17) is 16.3 Å². The molecule has 0 bridgehead atoms. The molecule has 0 saturated heterocycles. The molecule has 2 aliphatic rings. The number of fused-ring (bicyclic) bond motifs is 2. The summed E-state index contributed by atoms with van der Waals surface area (Å²) in [5, 5.41) is 3.49. The first-order chi connectivity index (χ1) is 14.6. The highest BCUT2D eigenvalue weighted by molar-refractivity contribution is 6.30. The van der Waals surface area contributed by atoms with Crippen LogP contribution in [0.3, 0.4) is 0 Å². The van der Waals surface area contributed by atoms with Gasteiger partial charge in [-0.05, 0) is 66.1 Å². The van der Waals surface area contributed by atoms with Gasteiger partial charge in [0.2, 0.25) is 0 Å². The number of amides is 2. The highest BCUT2D eigenvalue weighted by Crippen LogP contribution is 2.32. The van der Waals surface area contributed by atoms with E-state index in [9.17, 15) is 9.59 Å². The van der Waals surface area contributed by atoms with E-state index in [1.807, 2.05) is 24.3 Å². The van der Waals surface area contributed by atoms with E-state index in [-0.39, 0.29) is 11.8 Å². The van der Waals surface area contributed by atoms with Crippen LogP contribution in [0.25, 0.3) is 0 Å². The van der Waals surface area contributed by atoms with Crippen molar-refractivity contribution in [3.63, 3.8) is 0 Å². The minimum atomic E-state index is -0.596. The van der Waals surface area contributed by atoms with Gasteiger partial charge in [-0.1, -0.05) is 29.8 Å². The van der Waals surface area contributed by atoms with Gasteiger partial charge in [0.05, 0.1) is 0 Å². The van der Waals surface area contributed by atoms with Crippen LogP contribution in [-0.2, 0) is 17.6 Å². The Morgan fingerprint density at radius 3 is 2.63 bits per heavy atom. The molecule has 6 heteroatoms. The number of ether oxygens (including phenoxy) is 1. The largest absolute Gasteiger partial charge is 0.480 e. The monoisotopic (exact) mass is 418 g/mol. The summed E-state index contributed by atoms with van der Waals surface area (Å²) in [6.45, 7) is 0.681. The number of anilines is 2. The van der Waals surface area contributed by atoms with Crippen LogP contribution in [-0.4, -0.2) is 24.5 Å². The van der Waals surface area contributed by atoms with E-state index in [0.717, 1.165) is 17.7 Å². The number of nitrogens with zero attached hydrogens (tertiary/aromatic N) is 1. The second-order valence-corrected chi connectivity index (χ2v) is 7.90. The van der Waals surface area contributed by atoms with Crippen LogP contribution in [0.2, 0.25) is 5.02 Å². The molecule has 2 aliphatic heterocycles. The molecular formula is C24H19ClN2O3. The van der Waals surface area contributed by atoms with Gasteiger partial charge in [0.25, 0.3) is 11.8 Å². The van der Waals surface area contributed by atoms with Crippen molar-refractivity contribution in [2.24, 2.45) is 0 Å². The Labute approximate surface area is 179 Å². The molecule has 1 N–H and O–H groups in total. The Kier molecular flexibility index (Phi) is 4.68. The van der Waals surface area contributed by atoms with E-state index in [1.165, 1.54) is 5.56 Å². The molecule has 0 radical (unpaired) electrons. The van der Waals surface area contributed by atoms with Crippen molar-refractivity contribution < 1.29 is 14.3 Å². The lowest BCUT2D eigenvalue weighted by Gasteiger charge is -2.17. The quantitative estimate of drug-likeness (QED) is 0.682. The molecule has 0 saturated carbocycles. The lowest BCUT2D eigenvalue weighted by Crippen LogP contribution is -2.31. The first-order valence-electron chi connectivity index (χ1n) is 9.84. The molecule has 0 aliphatic carbocycles. The minimum Gasteiger partial charge on any atom is -0.480 e. The molecule has 0 fully saturated rings. The summed E-state index contributed by atoms with van der Waals surface area (Å²) in [7, 11) is 0. The summed E-state index contributed by atoms with van der Waals surface area (Å²) < 4.78 is 5.73. The summed E-state index contributed by atoms with van der Waals surface area (Å²) >= 11 is 6.01. The van der Waals surface area contributed by atoms with Gasteiger partial charge in [-0.15, -0.1) is 0 Å². The second kappa shape index (κ2) is 7.50. The van der Waals surface area contributed by atoms with Gasteiger partial charge in [0.1, 0.15) is 5.75 Å². The van der Waals surface area contributed by atoms with Crippen LogP contribution >= 0.6 is 11.6 Å². The Balaban J connectivity index is 1.25. The minimum absolute atomic E-state index is 0.0377. The first kappa shape index (κ1) is 18.7. The van der Waals surface area contributed by atoms with Crippen molar-refractivity contribution in [2.75, 3.05) is 16.8 Å². The highest BCUT2D eigenvalue weighted by Gasteiger charge is 2.29. The molecule has 0 aromatic heterocycles. The summed E-state index contributed by atoms with van der Waals surface area (Å²) in [6.07, 6.45) is 0.749. The number of para-hydroxylation sites is 1. The molecule has 0 spiro atoms. The zero-order chi connectivity index (χ0) is 20.7. The van der Waals surface area contributed by atoms with E-state index < -0.39 is 6.10 Å². The molecule has 1 atom stereocenters. The van der Waals surface area contributed by atoms with Crippen LogP contribution < -0.4 is 15.0 Å². The van der Waals surface area contributed by atoms with Crippen molar-refractivity contribution in [1.82, 2.24) is 0 Å². The third-order valence-corrected chi connectivity index (χ3v) is 5.76. The predicted molar refractivity (Wildman–Crippen MR) is 116 cm³/mol. The Bertz CT molecular complexity index is 1140. The summed E-state index contributed by atoms with van der Waals surface area (Å²) in [5.74, 6) is 0.422. The number of carbonyl (C=O) groups excluding carboxylic acids is 2. The van der Waals surface area contributed by atoms with Gasteiger partial charge in [-0.2, -0.15) is 0 Å². The zero-order valence-electron chi connectivity index (χ0n) is 16.1. The van der Waals surface area contributed by atoms with Crippen molar-refractivity contribution in [2.45, 2.75) is 18.9 Å². The fraction of sp³-hybridized carbons (Fsp3) is 0.167. The molecule has 2 heterocycles. The molecule has 150 valence electrons. The normalized spacial score (nSPS) is 16.6. The van der Waals surface area contributed by atoms with Crippen LogP contribution in [0.15, 0.2) is 66.7 Å². The van der Waals surface area contributed by atoms with Crippen molar-refractivity contribution >= 4 is 34.8 Å². The lowest BCUT2D eigenvalue weighted by molar-refractivity contribution is -0.122. The Morgan fingerprint density at radius 2 is 1.80 bits per heavy atom. The maximum Gasteiger partial charge on any atom is 0.265 e. The molecule has 3 aromatic carbocycles. The van der Waals surface area contributed by atoms with Crippen molar-refractivity contribution in [1.29, 1.82) is 0 Å². The van der Waals surface area contributed by atoms with Crippen LogP contribution in [0.4, 0.5) is 11.4 Å². The zero-order valence-corrected chi connectivity index (χ0v) is 16.9. The summed E-state index contributed by atoms with van der Waals surface area (Å²) in [6, 6.07) is 20.3. The maximum atomic E-state index is 12.9. The molecule has 30 heavy (non-hydrogen) atoms. The molecule has 3 aromatic rings. The number of hydrogen-bond donors (Lipinski definition) is 1. The number of hydrogen-bond acceptors (Lipinski definition) is 3. The number of nitrogens with one attached hydrogen (secondary N) is 1. The summed E-state index contributed by atoms with van der Waals surface area (Å²) in [5.41, 5.74) is 4.29. The van der Waals surface area contributed by atoms with Gasteiger partial charge in [-0.25, -0.2) is 0 Å². The average molecular weight is 419 g/mol. The Morgan fingerprint density at radius 1 is 1.00 bits per heavy atom. The fourth-order valence-electron chi connectivity index (χ4n) is 3.99. The standard InChI is InChI=1S/C24H19ClN2O3/c25-18-7-10-21-17(13-18)14-22(30-21)23(28)26-19-8-5-16(6-9-19)24(29)27-12-11-15-3-1-2-4-20(15)27/h1-10,13,22H,11-12,14H2,(H,26,28). The highest BCUT2D eigenvalue weighted by atomic mass is 35.5. The molecule has 1 unspecified atom stereocenters. The SMILES string of the molecule is O=C(Nc1ccc(C(=O)N2CCc3ccccc32)cc1)C1Cc2cc(Cl)ccc2O1. The summed E-state index contributed by atoms with van der Waals surface area (Å²) in [4.78, 5) is 27.3. The van der Waals surface area contributed by atoms with Gasteiger partial charge in [0.15, 0.2) is 6.10 Å². The van der Waals surface area contributed by atoms with Crippen LogP contribution in [0, 0.1) is 0 Å². The van der Waals surface area contributed by atoms with E-state index in [0.29, 0.717) is 35.0 Å². The topological polar surface area (TPSA) is 58.6 Å². The van der Waals surface area contributed by atoms with Gasteiger partial charge >= 0.3 is 0 Å². The Hall–Kier alpha value is -3.31. The van der Waals surface area contributed by atoms with Gasteiger partial charge in [0, 0.05) is 34.9 Å². The van der Waals surface area contributed by atoms with Crippen LogP contribution in [0.1, 0.15) is 21.5 Å². The number of carbonyl (C=O) groups is 2. The van der Waals surface area contributed by atoms with Gasteiger partial charge in [-0.3, -0.25) is 9.59 Å². The molecular weight excluding hydrogens is 400 g/mol. The van der Waals surface area contributed by atoms with Crippen LogP contribution in [0.5, 0.6) is 5.75 Å². The van der Waals surface area contributed by atoms with Crippen molar-refractivity contribution in [3.8, 4) is 5.75 Å². The number of halogens is 1. The van der Waals surface area contributed by atoms with E-state index >= 15 is 0 Å². The number of benzene rings is 3. The third kappa shape index (κ3) is 3.42. The lowest BCUT2D eigenvalue weighted by atomic mass is 10.1. The maximum absolute atomic E-state index is 12.9. The molecule has 5 nitrogen and oxygen atoms in total. The molecule has 2 amide bonds. The first-order valence-corrected chi connectivity index (χ1v) is 10.2. The fourth-order valence-corrected chi connectivity index (χ4v) is 4.18. The third-order valence-electron chi connectivity index (χ3n) is 5.52. The second-order valence-electron chi connectivity index (χ2n) is 7.46. The number of rotatable bonds is 3.